The molecule has 0 aliphatic carbocycles. The normalized spacial score (nSPS) is 11.1. The van der Waals surface area contributed by atoms with E-state index >= 15 is 0 Å². The fourth-order valence-electron chi connectivity index (χ4n) is 3.25. The number of pyridine rings is 1. The highest BCUT2D eigenvalue weighted by atomic mass is 16.6. The Morgan fingerprint density at radius 2 is 1.66 bits per heavy atom. The van der Waals surface area contributed by atoms with E-state index in [1.54, 1.807) is 63.4 Å². The van der Waals surface area contributed by atoms with E-state index in [9.17, 15) is 9.59 Å². The lowest BCUT2D eigenvalue weighted by Gasteiger charge is -2.20. The summed E-state index contributed by atoms with van der Waals surface area (Å²) in [5.41, 5.74) is 1.40. The van der Waals surface area contributed by atoms with E-state index in [-0.39, 0.29) is 11.5 Å². The van der Waals surface area contributed by atoms with Crippen molar-refractivity contribution >= 4 is 23.6 Å². The maximum Gasteiger partial charge on any atom is 0.412 e. The van der Waals surface area contributed by atoms with Gasteiger partial charge in [-0.3, -0.25) is 15.1 Å². The molecule has 2 N–H and O–H groups in total. The number of carbonyl (C=O) groups excluding carboxylic acids is 2. The molecular weight excluding hydrogens is 444 g/mol. The summed E-state index contributed by atoms with van der Waals surface area (Å²) in [5.74, 6) is 0.0839. The SMILES string of the molecule is CC(C)(C)OC(=O)Nc1ccccc1C(=O)n1nc(-c2ccccn2)nc1NCc1ccccc1. The summed E-state index contributed by atoms with van der Waals surface area (Å²) < 4.78 is 6.52. The Bertz CT molecular complexity index is 1310. The van der Waals surface area contributed by atoms with E-state index < -0.39 is 17.6 Å². The summed E-state index contributed by atoms with van der Waals surface area (Å²) >= 11 is 0. The molecule has 9 heteroatoms. The maximum atomic E-state index is 13.6. The molecule has 178 valence electrons. The van der Waals surface area contributed by atoms with Crippen molar-refractivity contribution in [1.29, 1.82) is 0 Å². The zero-order valence-electron chi connectivity index (χ0n) is 19.7. The van der Waals surface area contributed by atoms with Crippen molar-refractivity contribution in [1.82, 2.24) is 19.7 Å². The molecule has 4 aromatic rings. The van der Waals surface area contributed by atoms with Gasteiger partial charge in [0.1, 0.15) is 11.3 Å². The predicted octanol–water partition coefficient (Wildman–Crippen LogP) is 4.99. The molecule has 0 saturated carbocycles. The number of ether oxygens (including phenoxy) is 1. The van der Waals surface area contributed by atoms with Crippen LogP contribution >= 0.6 is 0 Å². The number of nitrogens with one attached hydrogen (secondary N) is 2. The van der Waals surface area contributed by atoms with Gasteiger partial charge in [-0.15, -0.1) is 5.10 Å². The van der Waals surface area contributed by atoms with E-state index in [2.05, 4.69) is 25.7 Å². The minimum atomic E-state index is -0.680. The van der Waals surface area contributed by atoms with Crippen LogP contribution in [0.25, 0.3) is 11.5 Å². The van der Waals surface area contributed by atoms with Crippen molar-refractivity contribution < 1.29 is 14.3 Å². The number of hydrogen-bond acceptors (Lipinski definition) is 7. The van der Waals surface area contributed by atoms with E-state index in [0.717, 1.165) is 5.56 Å². The highest BCUT2D eigenvalue weighted by Gasteiger charge is 2.23. The minimum Gasteiger partial charge on any atom is -0.444 e. The number of hydrogen-bond donors (Lipinski definition) is 2. The number of nitrogens with zero attached hydrogens (tertiary/aromatic N) is 4. The molecule has 2 aromatic heterocycles. The van der Waals surface area contributed by atoms with E-state index in [1.165, 1.54) is 4.68 Å². The molecular formula is C26H26N6O3. The second kappa shape index (κ2) is 10.2. The molecule has 35 heavy (non-hydrogen) atoms. The zero-order chi connectivity index (χ0) is 24.8. The van der Waals surface area contributed by atoms with Gasteiger partial charge in [0, 0.05) is 12.7 Å². The van der Waals surface area contributed by atoms with Crippen molar-refractivity contribution in [2.45, 2.75) is 32.9 Å². The zero-order valence-corrected chi connectivity index (χ0v) is 19.7. The average molecular weight is 471 g/mol. The Kier molecular flexibility index (Phi) is 6.86. The van der Waals surface area contributed by atoms with Crippen LogP contribution in [-0.4, -0.2) is 37.3 Å². The van der Waals surface area contributed by atoms with Crippen LogP contribution < -0.4 is 10.6 Å². The number of amides is 1. The van der Waals surface area contributed by atoms with Gasteiger partial charge in [-0.25, -0.2) is 4.79 Å². The predicted molar refractivity (Wildman–Crippen MR) is 133 cm³/mol. The van der Waals surface area contributed by atoms with E-state index in [1.807, 2.05) is 36.4 Å². The highest BCUT2D eigenvalue weighted by molar-refractivity contribution is 6.04. The monoisotopic (exact) mass is 470 g/mol. The molecule has 0 atom stereocenters. The number of carbonyl (C=O) groups is 2. The molecule has 0 aliphatic rings. The van der Waals surface area contributed by atoms with E-state index in [4.69, 9.17) is 4.74 Å². The second-order valence-electron chi connectivity index (χ2n) is 8.70. The van der Waals surface area contributed by atoms with Gasteiger partial charge in [-0.05, 0) is 50.6 Å². The van der Waals surface area contributed by atoms with Gasteiger partial charge in [0.2, 0.25) is 11.8 Å². The van der Waals surface area contributed by atoms with Gasteiger partial charge in [-0.2, -0.15) is 9.67 Å². The van der Waals surface area contributed by atoms with Gasteiger partial charge in [0.25, 0.3) is 5.91 Å². The number of benzene rings is 2. The Labute approximate surface area is 203 Å². The summed E-state index contributed by atoms with van der Waals surface area (Å²) in [6, 6.07) is 21.8. The standard InChI is InChI=1S/C26H26N6O3/c1-26(2,3)35-25(34)29-20-14-8-7-13-19(20)23(33)32-24(28-17-18-11-5-4-6-12-18)30-22(31-32)21-15-9-10-16-27-21/h4-16H,17H2,1-3H3,(H,29,34)(H,28,30,31). The van der Waals surface area contributed by atoms with Gasteiger partial charge in [0.15, 0.2) is 0 Å². The molecule has 0 radical (unpaired) electrons. The van der Waals surface area contributed by atoms with Crippen LogP contribution in [0.4, 0.5) is 16.4 Å². The number of aromatic nitrogens is 4. The molecule has 0 unspecified atom stereocenters. The Hall–Kier alpha value is -4.53. The van der Waals surface area contributed by atoms with Crippen LogP contribution in [0.5, 0.6) is 0 Å². The Balaban J connectivity index is 1.67. The van der Waals surface area contributed by atoms with Crippen molar-refractivity contribution in [3.63, 3.8) is 0 Å². The molecule has 1 amide bonds. The third kappa shape index (κ3) is 6.08. The fraction of sp³-hybridized carbons (Fsp3) is 0.192. The molecule has 2 aromatic carbocycles. The summed E-state index contributed by atoms with van der Waals surface area (Å²) in [6.45, 7) is 5.74. The second-order valence-corrected chi connectivity index (χ2v) is 8.70. The van der Waals surface area contributed by atoms with Crippen LogP contribution in [0.2, 0.25) is 0 Å². The van der Waals surface area contributed by atoms with Crippen LogP contribution in [-0.2, 0) is 11.3 Å². The summed E-state index contributed by atoms with van der Waals surface area (Å²) in [5, 5.41) is 10.3. The van der Waals surface area contributed by atoms with Crippen LogP contribution in [0.15, 0.2) is 79.0 Å². The first-order valence-electron chi connectivity index (χ1n) is 11.1. The molecule has 0 spiro atoms. The smallest absolute Gasteiger partial charge is 0.412 e. The molecule has 0 aliphatic heterocycles. The number of para-hydroxylation sites is 1. The van der Waals surface area contributed by atoms with Crippen LogP contribution in [0, 0.1) is 0 Å². The molecule has 2 heterocycles. The topological polar surface area (TPSA) is 111 Å². The lowest BCUT2D eigenvalue weighted by molar-refractivity contribution is 0.0636. The molecule has 9 nitrogen and oxygen atoms in total. The maximum absolute atomic E-state index is 13.6. The molecule has 0 bridgehead atoms. The fourth-order valence-corrected chi connectivity index (χ4v) is 3.25. The summed E-state index contributed by atoms with van der Waals surface area (Å²) in [7, 11) is 0. The first kappa shape index (κ1) is 23.6. The third-order valence-electron chi connectivity index (χ3n) is 4.78. The largest absolute Gasteiger partial charge is 0.444 e. The Morgan fingerprint density at radius 3 is 2.37 bits per heavy atom. The van der Waals surface area contributed by atoms with Gasteiger partial charge >= 0.3 is 6.09 Å². The van der Waals surface area contributed by atoms with Crippen molar-refractivity contribution in [2.24, 2.45) is 0 Å². The van der Waals surface area contributed by atoms with Crippen LogP contribution in [0.1, 0.15) is 36.7 Å². The van der Waals surface area contributed by atoms with Gasteiger partial charge in [-0.1, -0.05) is 48.5 Å². The van der Waals surface area contributed by atoms with Crippen molar-refractivity contribution in [2.75, 3.05) is 10.6 Å². The number of rotatable bonds is 6. The molecule has 0 saturated heterocycles. The Morgan fingerprint density at radius 1 is 0.943 bits per heavy atom. The van der Waals surface area contributed by atoms with Crippen LogP contribution in [0.3, 0.4) is 0 Å². The van der Waals surface area contributed by atoms with Gasteiger partial charge in [0.05, 0.1) is 11.3 Å². The van der Waals surface area contributed by atoms with Crippen molar-refractivity contribution in [3.8, 4) is 11.5 Å². The lowest BCUT2D eigenvalue weighted by atomic mass is 10.1. The molecule has 0 fully saturated rings. The lowest BCUT2D eigenvalue weighted by Crippen LogP contribution is -2.28. The van der Waals surface area contributed by atoms with E-state index in [0.29, 0.717) is 23.8 Å². The summed E-state index contributed by atoms with van der Waals surface area (Å²) in [4.78, 5) is 34.8. The quantitative estimate of drug-likeness (QED) is 0.408. The molecule has 4 rings (SSSR count). The van der Waals surface area contributed by atoms with Crippen molar-refractivity contribution in [3.05, 3.63) is 90.1 Å². The minimum absolute atomic E-state index is 0.235. The first-order valence-corrected chi connectivity index (χ1v) is 11.1. The average Bonchev–Trinajstić information content (AvgIpc) is 3.27. The third-order valence-corrected chi connectivity index (χ3v) is 4.78. The summed E-state index contributed by atoms with van der Waals surface area (Å²) in [6.07, 6.45) is 0.975. The number of anilines is 2. The highest BCUT2D eigenvalue weighted by Crippen LogP contribution is 2.22. The first-order chi connectivity index (χ1) is 16.8. The van der Waals surface area contributed by atoms with Gasteiger partial charge < -0.3 is 10.1 Å².